The monoisotopic (exact) mass is 317 g/mol. The van der Waals surface area contributed by atoms with Crippen molar-refractivity contribution < 1.29 is 0 Å². The zero-order valence-corrected chi connectivity index (χ0v) is 13.3. The highest BCUT2D eigenvalue weighted by Gasteiger charge is 2.24. The number of aromatic nitrogens is 2. The average molecular weight is 318 g/mol. The minimum Gasteiger partial charge on any atom is -0.369 e. The molecule has 0 aliphatic heterocycles. The molecule has 3 nitrogen and oxygen atoms in total. The Kier molecular flexibility index (Phi) is 5.73. The summed E-state index contributed by atoms with van der Waals surface area (Å²) in [5, 5.41) is 3.42. The Morgan fingerprint density at radius 2 is 2.00 bits per heavy atom. The second kappa shape index (κ2) is 6.59. The van der Waals surface area contributed by atoms with Crippen LogP contribution in [0.1, 0.15) is 32.5 Å². The second-order valence-corrected chi connectivity index (χ2v) is 6.16. The number of nitrogens with one attached hydrogen (secondary N) is 1. The Labute approximate surface area is 116 Å². The molecule has 0 radical (unpaired) electrons. The van der Waals surface area contributed by atoms with E-state index in [4.69, 9.17) is 0 Å². The van der Waals surface area contributed by atoms with Crippen molar-refractivity contribution in [2.45, 2.75) is 38.4 Å². The summed E-state index contributed by atoms with van der Waals surface area (Å²) >= 11 is 5.32. The molecule has 96 valence electrons. The van der Waals surface area contributed by atoms with Crippen LogP contribution in [0.25, 0.3) is 0 Å². The molecule has 0 atom stereocenters. The van der Waals surface area contributed by atoms with Crippen molar-refractivity contribution in [3.8, 4) is 0 Å². The number of thioether (sulfide) groups is 1. The van der Waals surface area contributed by atoms with Crippen LogP contribution in [0.4, 0.5) is 5.82 Å². The number of hydrogen-bond acceptors (Lipinski definition) is 4. The zero-order chi connectivity index (χ0) is 12.9. The summed E-state index contributed by atoms with van der Waals surface area (Å²) in [6.07, 6.45) is 4.49. The molecule has 0 amide bonds. The largest absolute Gasteiger partial charge is 0.369 e. The molecule has 0 fully saturated rings. The van der Waals surface area contributed by atoms with Gasteiger partial charge < -0.3 is 5.32 Å². The molecule has 0 aliphatic rings. The van der Waals surface area contributed by atoms with Gasteiger partial charge in [0.2, 0.25) is 0 Å². The molecule has 5 heteroatoms. The fraction of sp³-hybridized carbons (Fsp3) is 0.667. The van der Waals surface area contributed by atoms with E-state index in [1.165, 1.54) is 0 Å². The molecule has 1 N–H and O–H groups in total. The summed E-state index contributed by atoms with van der Waals surface area (Å²) in [4.78, 5) is 8.58. The number of anilines is 1. The maximum atomic E-state index is 4.38. The van der Waals surface area contributed by atoms with E-state index in [0.29, 0.717) is 4.75 Å². The highest BCUT2D eigenvalue weighted by atomic mass is 79.9. The van der Waals surface area contributed by atoms with Crippen LogP contribution in [0.5, 0.6) is 0 Å². The van der Waals surface area contributed by atoms with E-state index < -0.39 is 0 Å². The van der Waals surface area contributed by atoms with Crippen molar-refractivity contribution in [3.05, 3.63) is 16.5 Å². The minimum atomic E-state index is 0.297. The van der Waals surface area contributed by atoms with Crippen LogP contribution < -0.4 is 5.32 Å². The minimum absolute atomic E-state index is 0.297. The summed E-state index contributed by atoms with van der Waals surface area (Å²) in [7, 11) is 0. The van der Waals surface area contributed by atoms with Crippen LogP contribution in [-0.2, 0) is 0 Å². The van der Waals surface area contributed by atoms with Gasteiger partial charge in [-0.3, -0.25) is 0 Å². The van der Waals surface area contributed by atoms with Crippen LogP contribution in [0.3, 0.4) is 0 Å². The second-order valence-electron chi connectivity index (χ2n) is 4.07. The smallest absolute Gasteiger partial charge is 0.130 e. The molecule has 1 aromatic rings. The van der Waals surface area contributed by atoms with Crippen molar-refractivity contribution in [3.63, 3.8) is 0 Å². The van der Waals surface area contributed by atoms with Crippen molar-refractivity contribution in [1.29, 1.82) is 0 Å². The SMILES string of the molecule is CCC(CC)(CNc1cc(Br)nc(C)n1)SC. The summed E-state index contributed by atoms with van der Waals surface area (Å²) in [6.45, 7) is 7.31. The van der Waals surface area contributed by atoms with Gasteiger partial charge in [0.05, 0.1) is 0 Å². The first-order valence-corrected chi connectivity index (χ1v) is 7.87. The van der Waals surface area contributed by atoms with Gasteiger partial charge in [0.1, 0.15) is 16.2 Å². The highest BCUT2D eigenvalue weighted by molar-refractivity contribution is 9.10. The van der Waals surface area contributed by atoms with Gasteiger partial charge in [-0.2, -0.15) is 11.8 Å². The quantitative estimate of drug-likeness (QED) is 0.808. The number of halogens is 1. The van der Waals surface area contributed by atoms with E-state index in [-0.39, 0.29) is 0 Å². The lowest BCUT2D eigenvalue weighted by atomic mass is 10.0. The first-order chi connectivity index (χ1) is 8.05. The lowest BCUT2D eigenvalue weighted by Gasteiger charge is -2.30. The summed E-state index contributed by atoms with van der Waals surface area (Å²) in [5.74, 6) is 1.68. The molecule has 0 saturated heterocycles. The first kappa shape index (κ1) is 14.8. The molecule has 0 bridgehead atoms. The molecule has 1 rings (SSSR count). The molecule has 1 aromatic heterocycles. The number of aryl methyl sites for hydroxylation is 1. The summed E-state index contributed by atoms with van der Waals surface area (Å²) in [6, 6.07) is 1.92. The van der Waals surface area contributed by atoms with Crippen molar-refractivity contribution in [2.75, 3.05) is 18.1 Å². The van der Waals surface area contributed by atoms with Crippen LogP contribution in [0, 0.1) is 6.92 Å². The predicted molar refractivity (Wildman–Crippen MR) is 79.8 cm³/mol. The lowest BCUT2D eigenvalue weighted by Crippen LogP contribution is -2.32. The third-order valence-corrected chi connectivity index (χ3v) is 5.11. The molecular weight excluding hydrogens is 298 g/mol. The predicted octanol–water partition coefficient (Wildman–Crippen LogP) is 3.88. The number of nitrogens with zero attached hydrogens (tertiary/aromatic N) is 2. The van der Waals surface area contributed by atoms with Crippen LogP contribution in [0.15, 0.2) is 10.7 Å². The third-order valence-electron chi connectivity index (χ3n) is 3.12. The van der Waals surface area contributed by atoms with E-state index in [1.807, 2.05) is 24.8 Å². The summed E-state index contributed by atoms with van der Waals surface area (Å²) in [5.41, 5.74) is 0. The topological polar surface area (TPSA) is 37.8 Å². The molecule has 0 aliphatic carbocycles. The number of rotatable bonds is 6. The van der Waals surface area contributed by atoms with E-state index >= 15 is 0 Å². The molecule has 0 spiro atoms. The van der Waals surface area contributed by atoms with Gasteiger partial charge in [-0.05, 0) is 42.0 Å². The highest BCUT2D eigenvalue weighted by Crippen LogP contribution is 2.30. The maximum Gasteiger partial charge on any atom is 0.130 e. The molecule has 0 aromatic carbocycles. The average Bonchev–Trinajstić information content (AvgIpc) is 2.30. The maximum absolute atomic E-state index is 4.38. The van der Waals surface area contributed by atoms with Crippen molar-refractivity contribution in [1.82, 2.24) is 9.97 Å². The molecular formula is C12H20BrN3S. The van der Waals surface area contributed by atoms with Gasteiger partial charge >= 0.3 is 0 Å². The Morgan fingerprint density at radius 3 is 2.47 bits per heavy atom. The van der Waals surface area contributed by atoms with Gasteiger partial charge in [0.15, 0.2) is 0 Å². The van der Waals surface area contributed by atoms with Gasteiger partial charge in [-0.15, -0.1) is 0 Å². The number of hydrogen-bond donors (Lipinski definition) is 1. The van der Waals surface area contributed by atoms with Gasteiger partial charge in [-0.25, -0.2) is 9.97 Å². The summed E-state index contributed by atoms with van der Waals surface area (Å²) < 4.78 is 1.13. The van der Waals surface area contributed by atoms with E-state index in [1.54, 1.807) is 0 Å². The third kappa shape index (κ3) is 4.14. The standard InChI is InChI=1S/C12H20BrN3S/c1-5-12(6-2,17-4)8-14-11-7-10(13)15-9(3)16-11/h7H,5-6,8H2,1-4H3,(H,14,15,16). The van der Waals surface area contributed by atoms with E-state index in [9.17, 15) is 0 Å². The molecule has 1 heterocycles. The van der Waals surface area contributed by atoms with Crippen LogP contribution in [-0.4, -0.2) is 27.5 Å². The Hall–Kier alpha value is -0.290. The van der Waals surface area contributed by atoms with Crippen LogP contribution in [0.2, 0.25) is 0 Å². The van der Waals surface area contributed by atoms with Crippen LogP contribution >= 0.6 is 27.7 Å². The van der Waals surface area contributed by atoms with Gasteiger partial charge in [-0.1, -0.05) is 13.8 Å². The van der Waals surface area contributed by atoms with Crippen molar-refractivity contribution in [2.24, 2.45) is 0 Å². The lowest BCUT2D eigenvalue weighted by molar-refractivity contribution is 0.573. The Morgan fingerprint density at radius 1 is 1.35 bits per heavy atom. The molecule has 17 heavy (non-hydrogen) atoms. The van der Waals surface area contributed by atoms with Crippen molar-refractivity contribution >= 4 is 33.5 Å². The first-order valence-electron chi connectivity index (χ1n) is 5.85. The van der Waals surface area contributed by atoms with Gasteiger partial charge in [0.25, 0.3) is 0 Å². The molecule has 0 unspecified atom stereocenters. The Balaban J connectivity index is 2.71. The van der Waals surface area contributed by atoms with Gasteiger partial charge in [0, 0.05) is 17.4 Å². The fourth-order valence-corrected chi connectivity index (χ4v) is 3.00. The zero-order valence-electron chi connectivity index (χ0n) is 10.9. The van der Waals surface area contributed by atoms with E-state index in [2.05, 4.69) is 51.3 Å². The fourth-order valence-electron chi connectivity index (χ4n) is 1.73. The molecule has 0 saturated carbocycles. The Bertz CT molecular complexity index is 338. The van der Waals surface area contributed by atoms with E-state index in [0.717, 1.165) is 35.6 Å². The normalized spacial score (nSPS) is 11.6.